The molecular weight excluding hydrogens is 402 g/mol. The van der Waals surface area contributed by atoms with Crippen LogP contribution in [0.2, 0.25) is 0 Å². The van der Waals surface area contributed by atoms with Crippen molar-refractivity contribution in [1.82, 2.24) is 25.0 Å². The highest BCUT2D eigenvalue weighted by atomic mass is 35.5. The number of carbonyl (C=O) groups is 1. The van der Waals surface area contributed by atoms with Gasteiger partial charge in [0.1, 0.15) is 0 Å². The van der Waals surface area contributed by atoms with Crippen LogP contribution in [0.1, 0.15) is 31.9 Å². The fourth-order valence-corrected chi connectivity index (χ4v) is 5.32. The minimum Gasteiger partial charge on any atom is -0.375 e. The van der Waals surface area contributed by atoms with E-state index in [0.29, 0.717) is 11.6 Å². The molecule has 1 aliphatic carbocycles. The number of nitrogens with one attached hydrogen (secondary N) is 1. The summed E-state index contributed by atoms with van der Waals surface area (Å²) in [6, 6.07) is 4.26. The van der Waals surface area contributed by atoms with E-state index in [1.54, 1.807) is 7.11 Å². The Bertz CT molecular complexity index is 1130. The molecule has 7 nitrogen and oxygen atoms in total. The van der Waals surface area contributed by atoms with Crippen molar-refractivity contribution in [2.45, 2.75) is 44.2 Å². The molecule has 1 N–H and O–H groups in total. The van der Waals surface area contributed by atoms with Gasteiger partial charge >= 0.3 is 6.03 Å². The lowest BCUT2D eigenvalue weighted by Gasteiger charge is -2.23. The lowest BCUT2D eigenvalue weighted by Crippen LogP contribution is -2.40. The number of urea groups is 1. The number of carbonyl (C=O) groups excluding carboxylic acids is 1. The molecule has 2 unspecified atom stereocenters. The SMILES string of the molecule is CCNC(=O)N1CCC2(CCn3nc(-c4cnc5c(c4)=C(Cl)C(OC)CC=5)cc32)C1. The van der Waals surface area contributed by atoms with E-state index in [2.05, 4.69) is 33.2 Å². The molecule has 3 aliphatic rings. The molecule has 4 heterocycles. The fraction of sp³-hybridized carbons (Fsp3) is 0.500. The molecule has 1 fully saturated rings. The molecule has 1 saturated heterocycles. The number of likely N-dealkylation sites (tertiary alicyclic amines) is 1. The van der Waals surface area contributed by atoms with Gasteiger partial charge in [0, 0.05) is 61.4 Å². The standard InChI is InChI=1S/C22H26ClN5O2/c1-3-24-21(29)27-8-6-22(13-27)7-9-28-19(22)11-17(26-28)14-10-15-16(25-12-14)4-5-18(30-2)20(15)23/h4,10-12,18H,3,5-9,13H2,1-2H3,(H,24,29). The smallest absolute Gasteiger partial charge is 0.317 e. The lowest BCUT2D eigenvalue weighted by atomic mass is 9.82. The summed E-state index contributed by atoms with van der Waals surface area (Å²) >= 11 is 6.58. The van der Waals surface area contributed by atoms with Crippen molar-refractivity contribution in [2.75, 3.05) is 26.7 Å². The van der Waals surface area contributed by atoms with E-state index in [9.17, 15) is 4.79 Å². The van der Waals surface area contributed by atoms with Crippen molar-refractivity contribution in [3.8, 4) is 11.3 Å². The van der Waals surface area contributed by atoms with Crippen LogP contribution >= 0.6 is 11.6 Å². The fourth-order valence-electron chi connectivity index (χ4n) is 4.99. The van der Waals surface area contributed by atoms with Gasteiger partial charge in [0.15, 0.2) is 0 Å². The van der Waals surface area contributed by atoms with Crippen LogP contribution in [0.25, 0.3) is 22.4 Å². The molecule has 2 aliphatic heterocycles. The average Bonchev–Trinajstić information content (AvgIpc) is 3.45. The Morgan fingerprint density at radius 2 is 2.20 bits per heavy atom. The Kier molecular flexibility index (Phi) is 4.82. The molecule has 158 valence electrons. The number of pyridine rings is 1. The van der Waals surface area contributed by atoms with Gasteiger partial charge in [-0.2, -0.15) is 5.10 Å². The Hall–Kier alpha value is -2.38. The van der Waals surface area contributed by atoms with Crippen LogP contribution in [-0.2, 0) is 16.7 Å². The molecule has 2 amide bonds. The van der Waals surface area contributed by atoms with Gasteiger partial charge < -0.3 is 15.0 Å². The lowest BCUT2D eigenvalue weighted by molar-refractivity contribution is 0.155. The van der Waals surface area contributed by atoms with Crippen LogP contribution in [0, 0.1) is 0 Å². The summed E-state index contributed by atoms with van der Waals surface area (Å²) in [6.45, 7) is 5.01. The van der Waals surface area contributed by atoms with Gasteiger partial charge in [-0.1, -0.05) is 17.7 Å². The van der Waals surface area contributed by atoms with Crippen LogP contribution in [0.3, 0.4) is 0 Å². The van der Waals surface area contributed by atoms with E-state index >= 15 is 0 Å². The third-order valence-electron chi connectivity index (χ3n) is 6.66. The van der Waals surface area contributed by atoms with Crippen molar-refractivity contribution in [3.63, 3.8) is 0 Å². The minimum absolute atomic E-state index is 0.00331. The van der Waals surface area contributed by atoms with E-state index in [1.165, 1.54) is 5.69 Å². The second-order valence-electron chi connectivity index (χ2n) is 8.34. The molecule has 1 spiro atoms. The van der Waals surface area contributed by atoms with E-state index in [0.717, 1.165) is 60.7 Å². The number of aromatic nitrogens is 3. The zero-order chi connectivity index (χ0) is 20.9. The Balaban J connectivity index is 1.48. The van der Waals surface area contributed by atoms with Crippen LogP contribution in [-0.4, -0.2) is 58.5 Å². The summed E-state index contributed by atoms with van der Waals surface area (Å²) in [5.41, 5.74) is 3.07. The second-order valence-corrected chi connectivity index (χ2v) is 8.75. The van der Waals surface area contributed by atoms with Gasteiger partial charge in [0.05, 0.1) is 22.2 Å². The number of hydrogen-bond acceptors (Lipinski definition) is 4. The first-order valence-corrected chi connectivity index (χ1v) is 10.9. The number of amides is 2. The van der Waals surface area contributed by atoms with E-state index in [-0.39, 0.29) is 17.6 Å². The van der Waals surface area contributed by atoms with Crippen LogP contribution in [0.15, 0.2) is 18.3 Å². The summed E-state index contributed by atoms with van der Waals surface area (Å²) in [5, 5.41) is 10.3. The monoisotopic (exact) mass is 427 g/mol. The van der Waals surface area contributed by atoms with Crippen molar-refractivity contribution in [3.05, 3.63) is 34.6 Å². The summed E-state index contributed by atoms with van der Waals surface area (Å²) < 4.78 is 7.58. The zero-order valence-electron chi connectivity index (χ0n) is 17.3. The average molecular weight is 428 g/mol. The number of methoxy groups -OCH3 is 1. The van der Waals surface area contributed by atoms with Crippen molar-refractivity contribution >= 4 is 28.7 Å². The number of ether oxygens (including phenoxy) is 1. The maximum Gasteiger partial charge on any atom is 0.317 e. The van der Waals surface area contributed by atoms with Gasteiger partial charge in [-0.15, -0.1) is 0 Å². The highest BCUT2D eigenvalue weighted by Gasteiger charge is 2.46. The number of halogens is 1. The topological polar surface area (TPSA) is 72.3 Å². The molecule has 0 aromatic carbocycles. The predicted octanol–water partition coefficient (Wildman–Crippen LogP) is 1.57. The largest absolute Gasteiger partial charge is 0.375 e. The van der Waals surface area contributed by atoms with Gasteiger partial charge in [-0.25, -0.2) is 4.79 Å². The first kappa shape index (κ1) is 19.6. The van der Waals surface area contributed by atoms with Crippen molar-refractivity contribution in [2.24, 2.45) is 0 Å². The molecular formula is C22H26ClN5O2. The molecule has 5 rings (SSSR count). The van der Waals surface area contributed by atoms with E-state index < -0.39 is 0 Å². The highest BCUT2D eigenvalue weighted by molar-refractivity contribution is 6.46. The summed E-state index contributed by atoms with van der Waals surface area (Å²) in [6.07, 6.45) is 6.55. The number of aryl methyl sites for hydroxylation is 1. The number of hydrogen-bond donors (Lipinski definition) is 1. The minimum atomic E-state index is -0.120. The van der Waals surface area contributed by atoms with Gasteiger partial charge in [0.25, 0.3) is 0 Å². The highest BCUT2D eigenvalue weighted by Crippen LogP contribution is 2.43. The van der Waals surface area contributed by atoms with E-state index in [1.807, 2.05) is 18.0 Å². The molecule has 2 atom stereocenters. The summed E-state index contributed by atoms with van der Waals surface area (Å²) in [7, 11) is 1.67. The Morgan fingerprint density at radius 3 is 3.00 bits per heavy atom. The Labute approximate surface area is 180 Å². The van der Waals surface area contributed by atoms with Crippen LogP contribution in [0.4, 0.5) is 4.79 Å². The maximum absolute atomic E-state index is 12.3. The molecule has 0 bridgehead atoms. The van der Waals surface area contributed by atoms with Gasteiger partial charge in [0.2, 0.25) is 0 Å². The molecule has 0 saturated carbocycles. The Morgan fingerprint density at radius 1 is 1.37 bits per heavy atom. The molecule has 8 heteroatoms. The summed E-state index contributed by atoms with van der Waals surface area (Å²) in [5.74, 6) is 0. The van der Waals surface area contributed by atoms with Crippen LogP contribution in [0.5, 0.6) is 0 Å². The zero-order valence-corrected chi connectivity index (χ0v) is 18.1. The normalized spacial score (nSPS) is 24.7. The van der Waals surface area contributed by atoms with Crippen LogP contribution < -0.4 is 15.9 Å². The third kappa shape index (κ3) is 3.03. The quantitative estimate of drug-likeness (QED) is 0.807. The predicted molar refractivity (Wildman–Crippen MR) is 115 cm³/mol. The van der Waals surface area contributed by atoms with E-state index in [4.69, 9.17) is 21.4 Å². The number of nitrogens with zero attached hydrogens (tertiary/aromatic N) is 4. The molecule has 2 aromatic rings. The first-order valence-electron chi connectivity index (χ1n) is 10.5. The first-order chi connectivity index (χ1) is 14.5. The molecule has 2 aromatic heterocycles. The number of rotatable bonds is 3. The maximum atomic E-state index is 12.3. The van der Waals surface area contributed by atoms with Gasteiger partial charge in [-0.3, -0.25) is 9.67 Å². The molecule has 0 radical (unpaired) electrons. The van der Waals surface area contributed by atoms with Crippen molar-refractivity contribution < 1.29 is 9.53 Å². The second kappa shape index (κ2) is 7.39. The van der Waals surface area contributed by atoms with Gasteiger partial charge in [-0.05, 0) is 38.3 Å². The third-order valence-corrected chi connectivity index (χ3v) is 7.11. The summed E-state index contributed by atoms with van der Waals surface area (Å²) in [4.78, 5) is 18.8. The molecule has 30 heavy (non-hydrogen) atoms. The number of fused-ring (bicyclic) bond motifs is 3. The van der Waals surface area contributed by atoms with Crippen molar-refractivity contribution in [1.29, 1.82) is 0 Å².